The van der Waals surface area contributed by atoms with Crippen molar-refractivity contribution in [1.29, 1.82) is 0 Å². The second kappa shape index (κ2) is 10.7. The highest BCUT2D eigenvalue weighted by Gasteiger charge is 2.21. The van der Waals surface area contributed by atoms with Gasteiger partial charge in [-0.25, -0.2) is 4.98 Å². The lowest BCUT2D eigenvalue weighted by molar-refractivity contribution is 0.181. The molecule has 1 aromatic carbocycles. The summed E-state index contributed by atoms with van der Waals surface area (Å²) < 4.78 is 10.7. The van der Waals surface area contributed by atoms with E-state index in [0.29, 0.717) is 17.1 Å². The van der Waals surface area contributed by atoms with E-state index in [1.165, 1.54) is 0 Å². The molecule has 0 aliphatic carbocycles. The molecule has 8 nitrogen and oxygen atoms in total. The van der Waals surface area contributed by atoms with Crippen molar-refractivity contribution in [3.8, 4) is 11.5 Å². The summed E-state index contributed by atoms with van der Waals surface area (Å²) >= 11 is 0. The highest BCUT2D eigenvalue weighted by molar-refractivity contribution is 5.80. The Morgan fingerprint density at radius 2 is 1.97 bits per heavy atom. The number of aliphatic hydroxyl groups excluding tert-OH is 1. The van der Waals surface area contributed by atoms with Crippen LogP contribution in [0.1, 0.15) is 18.6 Å². The van der Waals surface area contributed by atoms with Crippen molar-refractivity contribution in [2.45, 2.75) is 13.0 Å². The zero-order valence-electron chi connectivity index (χ0n) is 17.9. The molecule has 162 valence electrons. The van der Waals surface area contributed by atoms with Gasteiger partial charge in [0.15, 0.2) is 5.96 Å². The van der Waals surface area contributed by atoms with Gasteiger partial charge in [-0.1, -0.05) is 6.07 Å². The second-order valence-electron chi connectivity index (χ2n) is 6.98. The van der Waals surface area contributed by atoms with Crippen LogP contribution in [0.25, 0.3) is 0 Å². The lowest BCUT2D eigenvalue weighted by Gasteiger charge is -2.37. The number of benzene rings is 1. The molecular weight excluding hydrogens is 382 g/mol. The number of piperazine rings is 1. The predicted molar refractivity (Wildman–Crippen MR) is 119 cm³/mol. The zero-order chi connectivity index (χ0) is 21.3. The SMILES string of the molecule is CCNC(=NCC(O)c1cc(OC)ccc1OC)N1CCN(c2ccccn2)CC1. The Balaban J connectivity index is 1.66. The van der Waals surface area contributed by atoms with Gasteiger partial charge in [-0.05, 0) is 37.3 Å². The Bertz CT molecular complexity index is 823. The molecule has 1 saturated heterocycles. The van der Waals surface area contributed by atoms with Crippen LogP contribution < -0.4 is 19.7 Å². The van der Waals surface area contributed by atoms with Gasteiger partial charge in [-0.3, -0.25) is 4.99 Å². The fourth-order valence-corrected chi connectivity index (χ4v) is 3.49. The molecule has 1 aromatic heterocycles. The van der Waals surface area contributed by atoms with Gasteiger partial charge in [0.05, 0.1) is 20.8 Å². The van der Waals surface area contributed by atoms with Crippen LogP contribution in [-0.4, -0.2) is 74.4 Å². The lowest BCUT2D eigenvalue weighted by Crippen LogP contribution is -2.52. The molecule has 1 fully saturated rings. The molecule has 8 heteroatoms. The fourth-order valence-electron chi connectivity index (χ4n) is 3.49. The number of hydrogen-bond donors (Lipinski definition) is 2. The molecule has 0 spiro atoms. The largest absolute Gasteiger partial charge is 0.497 e. The zero-order valence-corrected chi connectivity index (χ0v) is 17.9. The molecule has 2 N–H and O–H groups in total. The Kier molecular flexibility index (Phi) is 7.73. The fraction of sp³-hybridized carbons (Fsp3) is 0.455. The maximum absolute atomic E-state index is 10.8. The Labute approximate surface area is 178 Å². The summed E-state index contributed by atoms with van der Waals surface area (Å²) in [5.41, 5.74) is 0.663. The van der Waals surface area contributed by atoms with E-state index in [1.807, 2.05) is 37.4 Å². The van der Waals surface area contributed by atoms with E-state index >= 15 is 0 Å². The molecule has 0 bridgehead atoms. The number of guanidine groups is 1. The van der Waals surface area contributed by atoms with Crippen molar-refractivity contribution in [1.82, 2.24) is 15.2 Å². The van der Waals surface area contributed by atoms with Crippen molar-refractivity contribution >= 4 is 11.8 Å². The first kappa shape index (κ1) is 21.7. The van der Waals surface area contributed by atoms with Gasteiger partial charge in [0.2, 0.25) is 0 Å². The number of aromatic nitrogens is 1. The number of anilines is 1. The number of aliphatic hydroxyl groups is 1. The van der Waals surface area contributed by atoms with Gasteiger partial charge < -0.3 is 29.7 Å². The van der Waals surface area contributed by atoms with E-state index in [1.54, 1.807) is 26.4 Å². The highest BCUT2D eigenvalue weighted by atomic mass is 16.5. The van der Waals surface area contributed by atoms with E-state index in [2.05, 4.69) is 20.1 Å². The topological polar surface area (TPSA) is 82.5 Å². The van der Waals surface area contributed by atoms with E-state index in [4.69, 9.17) is 14.5 Å². The summed E-state index contributed by atoms with van der Waals surface area (Å²) in [7, 11) is 3.19. The van der Waals surface area contributed by atoms with Gasteiger partial charge in [-0.15, -0.1) is 0 Å². The molecule has 3 rings (SSSR count). The molecule has 0 saturated carbocycles. The first-order valence-corrected chi connectivity index (χ1v) is 10.3. The van der Waals surface area contributed by atoms with Crippen molar-refractivity contribution in [3.05, 3.63) is 48.2 Å². The van der Waals surface area contributed by atoms with Crippen LogP contribution in [0.3, 0.4) is 0 Å². The highest BCUT2D eigenvalue weighted by Crippen LogP contribution is 2.29. The van der Waals surface area contributed by atoms with Crippen LogP contribution in [0.5, 0.6) is 11.5 Å². The molecule has 0 radical (unpaired) electrons. The monoisotopic (exact) mass is 413 g/mol. The van der Waals surface area contributed by atoms with Crippen molar-refractivity contribution < 1.29 is 14.6 Å². The summed E-state index contributed by atoms with van der Waals surface area (Å²) in [6, 6.07) is 11.4. The third-order valence-electron chi connectivity index (χ3n) is 5.10. The number of ether oxygens (including phenoxy) is 2. The maximum atomic E-state index is 10.8. The van der Waals surface area contributed by atoms with Gasteiger partial charge in [0, 0.05) is 44.5 Å². The van der Waals surface area contributed by atoms with Gasteiger partial charge in [0.25, 0.3) is 0 Å². The molecule has 30 heavy (non-hydrogen) atoms. The van der Waals surface area contributed by atoms with Crippen LogP contribution in [0.4, 0.5) is 5.82 Å². The average Bonchev–Trinajstić information content (AvgIpc) is 2.81. The molecule has 2 aromatic rings. The normalized spacial score (nSPS) is 15.7. The van der Waals surface area contributed by atoms with Crippen molar-refractivity contribution in [2.75, 3.05) is 58.4 Å². The number of methoxy groups -OCH3 is 2. The van der Waals surface area contributed by atoms with Crippen molar-refractivity contribution in [3.63, 3.8) is 0 Å². The molecule has 1 aliphatic heterocycles. The predicted octanol–water partition coefficient (Wildman–Crippen LogP) is 1.92. The third-order valence-corrected chi connectivity index (χ3v) is 5.10. The van der Waals surface area contributed by atoms with Gasteiger partial charge in [-0.2, -0.15) is 0 Å². The molecular formula is C22H31N5O3. The van der Waals surface area contributed by atoms with Crippen molar-refractivity contribution in [2.24, 2.45) is 4.99 Å². The number of nitrogens with zero attached hydrogens (tertiary/aromatic N) is 4. The summed E-state index contributed by atoms with van der Waals surface area (Å²) in [5, 5.41) is 14.1. The molecule has 1 aliphatic rings. The molecule has 1 unspecified atom stereocenters. The molecule has 2 heterocycles. The standard InChI is InChI=1S/C22H31N5O3/c1-4-23-22(27-13-11-26(12-14-27)21-7-5-6-10-24-21)25-16-19(28)18-15-17(29-2)8-9-20(18)30-3/h5-10,15,19,28H,4,11-14,16H2,1-3H3,(H,23,25). The van der Waals surface area contributed by atoms with Crippen LogP contribution in [-0.2, 0) is 0 Å². The Morgan fingerprint density at radius 3 is 2.60 bits per heavy atom. The Hall–Kier alpha value is -3.00. The summed E-state index contributed by atoms with van der Waals surface area (Å²) in [6.45, 7) is 6.44. The number of aliphatic imine (C=N–C) groups is 1. The second-order valence-corrected chi connectivity index (χ2v) is 6.98. The minimum absolute atomic E-state index is 0.228. The Morgan fingerprint density at radius 1 is 1.17 bits per heavy atom. The summed E-state index contributed by atoms with van der Waals surface area (Å²) in [5.74, 6) is 3.09. The summed E-state index contributed by atoms with van der Waals surface area (Å²) in [4.78, 5) is 13.6. The minimum Gasteiger partial charge on any atom is -0.497 e. The quantitative estimate of drug-likeness (QED) is 0.530. The van der Waals surface area contributed by atoms with Crippen LogP contribution in [0.15, 0.2) is 47.6 Å². The third kappa shape index (κ3) is 5.33. The van der Waals surface area contributed by atoms with E-state index < -0.39 is 6.10 Å². The first-order valence-electron chi connectivity index (χ1n) is 10.3. The number of pyridine rings is 1. The number of hydrogen-bond acceptors (Lipinski definition) is 6. The maximum Gasteiger partial charge on any atom is 0.194 e. The van der Waals surface area contributed by atoms with E-state index in [9.17, 15) is 5.11 Å². The number of rotatable bonds is 7. The van der Waals surface area contributed by atoms with Crippen LogP contribution in [0, 0.1) is 0 Å². The average molecular weight is 414 g/mol. The molecule has 1 atom stereocenters. The lowest BCUT2D eigenvalue weighted by atomic mass is 10.1. The van der Waals surface area contributed by atoms with Crippen LogP contribution in [0.2, 0.25) is 0 Å². The first-order chi connectivity index (χ1) is 14.7. The molecule has 0 amide bonds. The summed E-state index contributed by atoms with van der Waals surface area (Å²) in [6.07, 6.45) is 1.03. The smallest absolute Gasteiger partial charge is 0.194 e. The van der Waals surface area contributed by atoms with E-state index in [0.717, 1.165) is 44.5 Å². The van der Waals surface area contributed by atoms with Crippen LogP contribution >= 0.6 is 0 Å². The minimum atomic E-state index is -0.793. The van der Waals surface area contributed by atoms with Gasteiger partial charge >= 0.3 is 0 Å². The van der Waals surface area contributed by atoms with Gasteiger partial charge in [0.1, 0.15) is 23.4 Å². The number of nitrogens with one attached hydrogen (secondary N) is 1. The van der Waals surface area contributed by atoms with E-state index in [-0.39, 0.29) is 6.54 Å².